The number of nitrogens with one attached hydrogen (secondary N) is 1. The molecule has 0 unspecified atom stereocenters. The molecular weight excluding hydrogens is 130 g/mol. The third-order valence-electron chi connectivity index (χ3n) is 1.52. The van der Waals surface area contributed by atoms with Crippen LogP contribution >= 0.6 is 0 Å². The first-order chi connectivity index (χ1) is 4.66. The van der Waals surface area contributed by atoms with E-state index in [2.05, 4.69) is 5.32 Å². The molecule has 56 valence electrons. The summed E-state index contributed by atoms with van der Waals surface area (Å²) in [6.45, 7) is 0. The molecule has 1 rings (SSSR count). The molecule has 1 aromatic heterocycles. The quantitative estimate of drug-likeness (QED) is 0.586. The molecule has 4 nitrogen and oxygen atoms in total. The number of aromatic nitrogens is 2. The Kier molecular flexibility index (Phi) is 1.53. The summed E-state index contributed by atoms with van der Waals surface area (Å²) in [5.74, 6) is 0.826. The Morgan fingerprint density at radius 1 is 1.50 bits per heavy atom. The van der Waals surface area contributed by atoms with Crippen molar-refractivity contribution in [1.82, 2.24) is 9.13 Å². The second kappa shape index (κ2) is 2.21. The molecule has 0 aliphatic rings. The average Bonchev–Trinajstić information content (AvgIpc) is 2.17. The summed E-state index contributed by atoms with van der Waals surface area (Å²) in [4.78, 5) is 11.0. The fourth-order valence-electron chi connectivity index (χ4n) is 0.897. The molecule has 1 heterocycles. The number of nitrogens with zero attached hydrogens (tertiary/aromatic N) is 2. The van der Waals surface area contributed by atoms with Crippen molar-refractivity contribution in [2.45, 2.75) is 0 Å². The number of rotatable bonds is 1. The third-order valence-corrected chi connectivity index (χ3v) is 1.52. The molecule has 0 aromatic carbocycles. The van der Waals surface area contributed by atoms with Gasteiger partial charge in [-0.15, -0.1) is 0 Å². The highest BCUT2D eigenvalue weighted by Gasteiger charge is 2.00. The van der Waals surface area contributed by atoms with Gasteiger partial charge in [-0.1, -0.05) is 0 Å². The fraction of sp³-hybridized carbons (Fsp3) is 0.500. The molecule has 0 amide bonds. The largest absolute Gasteiger partial charge is 0.373 e. The Morgan fingerprint density at radius 3 is 2.30 bits per heavy atom. The summed E-state index contributed by atoms with van der Waals surface area (Å²) in [6, 6.07) is 0. The molecule has 1 N–H and O–H groups in total. The first-order valence-corrected chi connectivity index (χ1v) is 3.07. The van der Waals surface area contributed by atoms with Crippen LogP contribution in [0.3, 0.4) is 0 Å². The van der Waals surface area contributed by atoms with Crippen LogP contribution in [0, 0.1) is 0 Å². The van der Waals surface area contributed by atoms with E-state index in [1.54, 1.807) is 31.9 Å². The molecule has 0 saturated heterocycles. The standard InChI is InChI=1S/C6H11N3O/c1-7-5-4-8(2)6(10)9(5)3/h4,7H,1-3H3. The molecule has 0 atom stereocenters. The van der Waals surface area contributed by atoms with E-state index < -0.39 is 0 Å². The zero-order chi connectivity index (χ0) is 7.72. The van der Waals surface area contributed by atoms with E-state index in [9.17, 15) is 4.79 Å². The van der Waals surface area contributed by atoms with Gasteiger partial charge in [0.2, 0.25) is 0 Å². The van der Waals surface area contributed by atoms with Crippen LogP contribution in [0.15, 0.2) is 11.0 Å². The van der Waals surface area contributed by atoms with Crippen molar-refractivity contribution < 1.29 is 0 Å². The minimum Gasteiger partial charge on any atom is -0.373 e. The lowest BCUT2D eigenvalue weighted by atomic mass is 10.7. The highest BCUT2D eigenvalue weighted by molar-refractivity contribution is 5.31. The zero-order valence-electron chi connectivity index (χ0n) is 6.38. The monoisotopic (exact) mass is 141 g/mol. The van der Waals surface area contributed by atoms with Crippen molar-refractivity contribution in [3.8, 4) is 0 Å². The summed E-state index contributed by atoms with van der Waals surface area (Å²) in [7, 11) is 5.24. The van der Waals surface area contributed by atoms with Crippen LogP contribution in [0.25, 0.3) is 0 Å². The summed E-state index contributed by atoms with van der Waals surface area (Å²) in [5, 5.41) is 2.90. The topological polar surface area (TPSA) is 39.0 Å². The van der Waals surface area contributed by atoms with Gasteiger partial charge in [-0.05, 0) is 0 Å². The second-order valence-corrected chi connectivity index (χ2v) is 2.22. The van der Waals surface area contributed by atoms with E-state index >= 15 is 0 Å². The van der Waals surface area contributed by atoms with Crippen LogP contribution in [0.5, 0.6) is 0 Å². The lowest BCUT2D eigenvalue weighted by Crippen LogP contribution is -2.19. The number of hydrogen-bond donors (Lipinski definition) is 1. The highest BCUT2D eigenvalue weighted by Crippen LogP contribution is 1.98. The maximum atomic E-state index is 11.0. The predicted molar refractivity (Wildman–Crippen MR) is 40.2 cm³/mol. The van der Waals surface area contributed by atoms with Gasteiger partial charge in [0.15, 0.2) is 0 Å². The first kappa shape index (κ1) is 6.92. The van der Waals surface area contributed by atoms with Crippen molar-refractivity contribution in [3.05, 3.63) is 16.7 Å². The molecule has 4 heteroatoms. The van der Waals surface area contributed by atoms with Gasteiger partial charge in [-0.3, -0.25) is 4.57 Å². The summed E-state index contributed by atoms with van der Waals surface area (Å²) in [5.41, 5.74) is -0.00986. The molecular formula is C6H11N3O. The minimum absolute atomic E-state index is 0.00986. The fourth-order valence-corrected chi connectivity index (χ4v) is 0.897. The van der Waals surface area contributed by atoms with Crippen LogP contribution in [-0.2, 0) is 14.1 Å². The van der Waals surface area contributed by atoms with Crippen molar-refractivity contribution in [2.75, 3.05) is 12.4 Å². The van der Waals surface area contributed by atoms with Gasteiger partial charge in [-0.25, -0.2) is 4.79 Å². The zero-order valence-corrected chi connectivity index (χ0v) is 6.38. The Morgan fingerprint density at radius 2 is 2.10 bits per heavy atom. The Balaban J connectivity index is 3.31. The van der Waals surface area contributed by atoms with Crippen LogP contribution in [-0.4, -0.2) is 16.2 Å². The Bertz CT molecular complexity index is 284. The highest BCUT2D eigenvalue weighted by atomic mass is 16.1. The smallest absolute Gasteiger partial charge is 0.329 e. The maximum absolute atomic E-state index is 11.0. The molecule has 0 spiro atoms. The molecule has 0 bridgehead atoms. The van der Waals surface area contributed by atoms with Crippen molar-refractivity contribution in [3.63, 3.8) is 0 Å². The number of imidazole rings is 1. The van der Waals surface area contributed by atoms with Gasteiger partial charge in [0.05, 0.1) is 0 Å². The van der Waals surface area contributed by atoms with E-state index in [1.807, 2.05) is 0 Å². The van der Waals surface area contributed by atoms with Gasteiger partial charge in [0.25, 0.3) is 0 Å². The molecule has 1 aromatic rings. The minimum atomic E-state index is -0.00986. The first-order valence-electron chi connectivity index (χ1n) is 3.07. The summed E-state index contributed by atoms with van der Waals surface area (Å²) >= 11 is 0. The Hall–Kier alpha value is -1.19. The Labute approximate surface area is 59.1 Å². The number of aryl methyl sites for hydroxylation is 1. The normalized spacial score (nSPS) is 9.90. The van der Waals surface area contributed by atoms with E-state index in [0.29, 0.717) is 0 Å². The van der Waals surface area contributed by atoms with E-state index in [-0.39, 0.29) is 5.69 Å². The molecule has 0 fully saturated rings. The maximum Gasteiger partial charge on any atom is 0.329 e. The third kappa shape index (κ3) is 0.814. The van der Waals surface area contributed by atoms with Gasteiger partial charge >= 0.3 is 5.69 Å². The van der Waals surface area contributed by atoms with Crippen LogP contribution in [0.2, 0.25) is 0 Å². The summed E-state index contributed by atoms with van der Waals surface area (Å²) in [6.07, 6.45) is 1.75. The van der Waals surface area contributed by atoms with Gasteiger partial charge in [0.1, 0.15) is 5.82 Å². The average molecular weight is 141 g/mol. The molecule has 0 radical (unpaired) electrons. The van der Waals surface area contributed by atoms with Crippen molar-refractivity contribution in [2.24, 2.45) is 14.1 Å². The molecule has 0 aliphatic carbocycles. The number of anilines is 1. The van der Waals surface area contributed by atoms with E-state index in [0.717, 1.165) is 5.82 Å². The van der Waals surface area contributed by atoms with Crippen molar-refractivity contribution in [1.29, 1.82) is 0 Å². The SMILES string of the molecule is CNc1cn(C)c(=O)n1C. The second-order valence-electron chi connectivity index (χ2n) is 2.22. The van der Waals surface area contributed by atoms with Crippen LogP contribution in [0.1, 0.15) is 0 Å². The molecule has 10 heavy (non-hydrogen) atoms. The molecule has 0 aliphatic heterocycles. The van der Waals surface area contributed by atoms with E-state index in [1.165, 1.54) is 4.57 Å². The summed E-state index contributed by atoms with van der Waals surface area (Å²) < 4.78 is 3.09. The van der Waals surface area contributed by atoms with Gasteiger partial charge in [0, 0.05) is 27.3 Å². The molecule has 0 saturated carbocycles. The lowest BCUT2D eigenvalue weighted by molar-refractivity contribution is 0.777. The van der Waals surface area contributed by atoms with Crippen molar-refractivity contribution >= 4 is 5.82 Å². The van der Waals surface area contributed by atoms with Gasteiger partial charge in [-0.2, -0.15) is 0 Å². The number of hydrogen-bond acceptors (Lipinski definition) is 2. The predicted octanol–water partition coefficient (Wildman–Crippen LogP) is -0.235. The van der Waals surface area contributed by atoms with Crippen LogP contribution < -0.4 is 11.0 Å². The van der Waals surface area contributed by atoms with E-state index in [4.69, 9.17) is 0 Å². The van der Waals surface area contributed by atoms with Gasteiger partial charge < -0.3 is 9.88 Å². The van der Waals surface area contributed by atoms with Crippen LogP contribution in [0.4, 0.5) is 5.82 Å². The lowest BCUT2D eigenvalue weighted by Gasteiger charge is -1.95.